The Hall–Kier alpha value is -3.24. The van der Waals surface area contributed by atoms with Crippen LogP contribution in [0.4, 0.5) is 0 Å². The van der Waals surface area contributed by atoms with E-state index in [-0.39, 0.29) is 5.78 Å². The lowest BCUT2D eigenvalue weighted by atomic mass is 10.2. The highest BCUT2D eigenvalue weighted by Crippen LogP contribution is 2.02. The number of carbonyl (C=O) groups excluding carboxylic acids is 1. The van der Waals surface area contributed by atoms with E-state index < -0.39 is 12.6 Å². The number of carboxylic acid groups (broad SMARTS) is 1. The van der Waals surface area contributed by atoms with E-state index in [4.69, 9.17) is 10.2 Å². The molecule has 0 rings (SSSR count). The first-order valence-corrected chi connectivity index (χ1v) is 9.19. The fourth-order valence-electron chi connectivity index (χ4n) is 1.82. The zero-order chi connectivity index (χ0) is 22.1. The second-order valence-electron chi connectivity index (χ2n) is 6.38. The zero-order valence-electron chi connectivity index (χ0n) is 17.5. The third kappa shape index (κ3) is 16.6. The van der Waals surface area contributed by atoms with Crippen molar-refractivity contribution in [3.63, 3.8) is 0 Å². The van der Waals surface area contributed by atoms with Crippen molar-refractivity contribution in [3.05, 3.63) is 107 Å². The van der Waals surface area contributed by atoms with Crippen LogP contribution in [0.5, 0.6) is 0 Å². The van der Waals surface area contributed by atoms with E-state index in [1.54, 1.807) is 12.2 Å². The van der Waals surface area contributed by atoms with Crippen LogP contribution in [-0.4, -0.2) is 28.6 Å². The molecule has 0 aromatic heterocycles. The summed E-state index contributed by atoms with van der Waals surface area (Å²) in [5.41, 5.74) is 3.92. The molecule has 0 fully saturated rings. The maximum Gasteiger partial charge on any atom is 0.328 e. The molecule has 4 nitrogen and oxygen atoms in total. The number of aliphatic hydroxyl groups excluding tert-OH is 1. The lowest BCUT2D eigenvalue weighted by molar-refractivity contribution is -0.131. The molecule has 0 amide bonds. The molecular weight excluding hydrogens is 364 g/mol. The van der Waals surface area contributed by atoms with Crippen LogP contribution in [0.25, 0.3) is 0 Å². The summed E-state index contributed by atoms with van der Waals surface area (Å²) >= 11 is 0. The third-order valence-corrected chi connectivity index (χ3v) is 3.44. The fraction of sp³-hybridized carbons (Fsp3) is 0.200. The van der Waals surface area contributed by atoms with Gasteiger partial charge in [0, 0.05) is 6.08 Å². The van der Waals surface area contributed by atoms with Crippen molar-refractivity contribution in [3.8, 4) is 0 Å². The minimum atomic E-state index is -0.960. The van der Waals surface area contributed by atoms with Gasteiger partial charge in [-0.2, -0.15) is 0 Å². The van der Waals surface area contributed by atoms with Crippen LogP contribution in [0, 0.1) is 0 Å². The minimum Gasteiger partial charge on any atom is -0.478 e. The topological polar surface area (TPSA) is 74.6 Å². The maximum atomic E-state index is 11.0. The molecule has 0 aliphatic heterocycles. The first kappa shape index (κ1) is 25.8. The van der Waals surface area contributed by atoms with Crippen LogP contribution in [-0.2, 0) is 9.59 Å². The number of allylic oxidation sites excluding steroid dienone is 16. The quantitative estimate of drug-likeness (QED) is 0.373. The summed E-state index contributed by atoms with van der Waals surface area (Å²) in [5.74, 6) is -1.28. The summed E-state index contributed by atoms with van der Waals surface area (Å²) in [7, 11) is 0. The molecule has 0 aliphatic carbocycles. The first-order valence-electron chi connectivity index (χ1n) is 9.19. The monoisotopic (exact) mass is 394 g/mol. The van der Waals surface area contributed by atoms with Gasteiger partial charge in [-0.15, -0.1) is 0 Å². The predicted octanol–water partition coefficient (Wildman–Crippen LogP) is 5.20. The van der Waals surface area contributed by atoms with Crippen LogP contribution < -0.4 is 0 Å². The van der Waals surface area contributed by atoms with Gasteiger partial charge >= 0.3 is 5.97 Å². The molecule has 2 N–H and O–H groups in total. The minimum absolute atomic E-state index is 0.317. The molecule has 0 atom stereocenters. The Bertz CT molecular complexity index is 823. The van der Waals surface area contributed by atoms with Crippen LogP contribution >= 0.6 is 0 Å². The number of hydrogen-bond donors (Lipinski definition) is 2. The third-order valence-electron chi connectivity index (χ3n) is 3.44. The van der Waals surface area contributed by atoms with Gasteiger partial charge in [0.2, 0.25) is 0 Å². The summed E-state index contributed by atoms with van der Waals surface area (Å²) in [6, 6.07) is 0. The summed E-state index contributed by atoms with van der Waals surface area (Å²) in [6.07, 6.45) is 25.0. The summed E-state index contributed by atoms with van der Waals surface area (Å²) in [4.78, 5) is 21.4. The van der Waals surface area contributed by atoms with E-state index in [9.17, 15) is 9.59 Å². The largest absolute Gasteiger partial charge is 0.478 e. The molecule has 0 unspecified atom stereocenters. The number of hydrogen-bond acceptors (Lipinski definition) is 3. The number of aliphatic carboxylic acids is 1. The Balaban J connectivity index is 4.67. The van der Waals surface area contributed by atoms with Gasteiger partial charge < -0.3 is 10.2 Å². The summed E-state index contributed by atoms with van der Waals surface area (Å²) in [5, 5.41) is 17.2. The number of rotatable bonds is 11. The van der Waals surface area contributed by atoms with Crippen LogP contribution in [0.3, 0.4) is 0 Å². The highest BCUT2D eigenvalue weighted by molar-refractivity contribution is 5.90. The van der Waals surface area contributed by atoms with Crippen molar-refractivity contribution in [2.45, 2.75) is 27.7 Å². The van der Waals surface area contributed by atoms with Gasteiger partial charge in [0.1, 0.15) is 6.61 Å². The van der Waals surface area contributed by atoms with Gasteiger partial charge in [0.15, 0.2) is 5.78 Å². The standard InChI is InChI=1S/C25H30O4/c1-20(11-7-13-22(3)15-17-24(27)19-26)9-5-6-10-21(2)12-8-14-23(4)16-18-25(28)29/h5-18,26H,19H2,1-4H3,(H,28,29)/b6-5+,11-7+,12-8+,17-15+,18-16+,20-9+,21-10+,22-13-,23-14+. The number of ketones is 1. The Labute approximate surface area is 173 Å². The summed E-state index contributed by atoms with van der Waals surface area (Å²) in [6.45, 7) is 7.22. The van der Waals surface area contributed by atoms with E-state index in [1.807, 2.05) is 88.5 Å². The lowest BCUT2D eigenvalue weighted by Gasteiger charge is -1.91. The Kier molecular flexibility index (Phi) is 14.0. The van der Waals surface area contributed by atoms with Gasteiger partial charge in [-0.1, -0.05) is 95.2 Å². The maximum absolute atomic E-state index is 11.0. The van der Waals surface area contributed by atoms with E-state index >= 15 is 0 Å². The van der Waals surface area contributed by atoms with E-state index in [0.717, 1.165) is 28.4 Å². The molecule has 0 bridgehead atoms. The Morgan fingerprint density at radius 3 is 1.38 bits per heavy atom. The van der Waals surface area contributed by atoms with E-state index in [2.05, 4.69) is 0 Å². The number of aliphatic hydroxyl groups is 1. The van der Waals surface area contributed by atoms with Gasteiger partial charge in [-0.05, 0) is 33.8 Å². The molecular formula is C25H30O4. The lowest BCUT2D eigenvalue weighted by Crippen LogP contribution is -1.97. The molecule has 0 aromatic carbocycles. The van der Waals surface area contributed by atoms with Crippen molar-refractivity contribution < 1.29 is 19.8 Å². The molecule has 0 radical (unpaired) electrons. The highest BCUT2D eigenvalue weighted by atomic mass is 16.4. The molecule has 0 saturated heterocycles. The molecule has 0 aromatic rings. The second-order valence-corrected chi connectivity index (χ2v) is 6.38. The molecule has 0 spiro atoms. The smallest absolute Gasteiger partial charge is 0.328 e. The van der Waals surface area contributed by atoms with Crippen LogP contribution in [0.15, 0.2) is 107 Å². The zero-order valence-corrected chi connectivity index (χ0v) is 17.5. The molecule has 4 heteroatoms. The Morgan fingerprint density at radius 2 is 0.966 bits per heavy atom. The van der Waals surface area contributed by atoms with Crippen molar-refractivity contribution in [2.24, 2.45) is 0 Å². The molecule has 0 heterocycles. The van der Waals surface area contributed by atoms with Gasteiger partial charge in [0.25, 0.3) is 0 Å². The van der Waals surface area contributed by atoms with Crippen LogP contribution in [0.2, 0.25) is 0 Å². The van der Waals surface area contributed by atoms with Crippen molar-refractivity contribution in [1.29, 1.82) is 0 Å². The number of carbonyl (C=O) groups is 2. The Morgan fingerprint density at radius 1 is 0.586 bits per heavy atom. The average molecular weight is 395 g/mol. The number of carboxylic acids is 1. The fourth-order valence-corrected chi connectivity index (χ4v) is 1.82. The van der Waals surface area contributed by atoms with Gasteiger partial charge in [-0.3, -0.25) is 4.79 Å². The van der Waals surface area contributed by atoms with Crippen molar-refractivity contribution in [1.82, 2.24) is 0 Å². The molecule has 29 heavy (non-hydrogen) atoms. The highest BCUT2D eigenvalue weighted by Gasteiger charge is 1.89. The van der Waals surface area contributed by atoms with Crippen molar-refractivity contribution >= 4 is 11.8 Å². The molecule has 0 aliphatic rings. The van der Waals surface area contributed by atoms with Gasteiger partial charge in [-0.25, -0.2) is 4.79 Å². The normalized spacial score (nSPS) is 15.1. The van der Waals surface area contributed by atoms with E-state index in [1.165, 1.54) is 6.08 Å². The first-order chi connectivity index (χ1) is 13.7. The predicted molar refractivity (Wildman–Crippen MR) is 120 cm³/mol. The molecule has 0 saturated carbocycles. The van der Waals surface area contributed by atoms with Gasteiger partial charge in [0.05, 0.1) is 0 Å². The van der Waals surface area contributed by atoms with E-state index in [0.29, 0.717) is 0 Å². The average Bonchev–Trinajstić information content (AvgIpc) is 2.67. The van der Waals surface area contributed by atoms with Crippen molar-refractivity contribution in [2.75, 3.05) is 6.61 Å². The second kappa shape index (κ2) is 15.8. The SMILES string of the molecule is CC(=C/C=C/C(C)=C/C=C/C=C(C)/C=C/C=C(C)/C=C/C(=O)O)/C=C/C(=O)CO. The summed E-state index contributed by atoms with van der Waals surface area (Å²) < 4.78 is 0. The van der Waals surface area contributed by atoms with Crippen LogP contribution in [0.1, 0.15) is 27.7 Å². The molecule has 154 valence electrons.